The highest BCUT2D eigenvalue weighted by Crippen LogP contribution is 2.27. The van der Waals surface area contributed by atoms with Crippen LogP contribution in [0.15, 0.2) is 18.2 Å². The first-order valence-electron chi connectivity index (χ1n) is 7.52. The van der Waals surface area contributed by atoms with E-state index < -0.39 is 0 Å². The molecule has 0 unspecified atom stereocenters. The summed E-state index contributed by atoms with van der Waals surface area (Å²) in [6, 6.07) is 6.16. The molecule has 3 nitrogen and oxygen atoms in total. The van der Waals surface area contributed by atoms with Crippen molar-refractivity contribution in [2.45, 2.75) is 47.0 Å². The van der Waals surface area contributed by atoms with Gasteiger partial charge in [-0.15, -0.1) is 0 Å². The predicted molar refractivity (Wildman–Crippen MR) is 86.2 cm³/mol. The van der Waals surface area contributed by atoms with E-state index in [0.29, 0.717) is 18.4 Å². The maximum absolute atomic E-state index is 12.0. The molecular formula is C17H28N2O. The minimum atomic E-state index is 0.0324. The molecule has 0 aliphatic heterocycles. The zero-order valence-corrected chi connectivity index (χ0v) is 13.4. The van der Waals surface area contributed by atoms with Crippen molar-refractivity contribution in [1.82, 2.24) is 5.32 Å². The number of rotatable bonds is 7. The minimum absolute atomic E-state index is 0.0324. The molecule has 1 amide bonds. The van der Waals surface area contributed by atoms with Gasteiger partial charge in [-0.2, -0.15) is 0 Å². The lowest BCUT2D eigenvalue weighted by atomic mass is 9.98. The zero-order chi connectivity index (χ0) is 15.1. The molecule has 0 radical (unpaired) electrons. The van der Waals surface area contributed by atoms with E-state index >= 15 is 0 Å². The fourth-order valence-electron chi connectivity index (χ4n) is 2.12. The number of anilines is 1. The van der Waals surface area contributed by atoms with Crippen LogP contribution in [0.1, 0.15) is 51.2 Å². The Hall–Kier alpha value is -1.35. The third kappa shape index (κ3) is 5.33. The van der Waals surface area contributed by atoms with Crippen LogP contribution in [0.3, 0.4) is 0 Å². The second-order valence-corrected chi connectivity index (χ2v) is 6.10. The molecule has 0 aromatic heterocycles. The first-order valence-corrected chi connectivity index (χ1v) is 7.52. The summed E-state index contributed by atoms with van der Waals surface area (Å²) in [5.74, 6) is 1.10. The molecule has 1 aromatic carbocycles. The van der Waals surface area contributed by atoms with Crippen LogP contribution in [-0.4, -0.2) is 19.0 Å². The SMILES string of the molecule is Cc1cccc(C(C)C)c1NC(=O)CNCCC(C)C. The standard InChI is InChI=1S/C17H28N2O/c1-12(2)9-10-18-11-16(20)19-17-14(5)7-6-8-15(17)13(3)4/h6-8,12-13,18H,9-11H2,1-5H3,(H,19,20). The van der Waals surface area contributed by atoms with Crippen LogP contribution in [-0.2, 0) is 4.79 Å². The first kappa shape index (κ1) is 16.7. The van der Waals surface area contributed by atoms with Gasteiger partial charge >= 0.3 is 0 Å². The fraction of sp³-hybridized carbons (Fsp3) is 0.588. The molecule has 112 valence electrons. The summed E-state index contributed by atoms with van der Waals surface area (Å²) in [5, 5.41) is 6.24. The molecule has 0 saturated heterocycles. The summed E-state index contributed by atoms with van der Waals surface area (Å²) < 4.78 is 0. The third-order valence-electron chi connectivity index (χ3n) is 3.38. The third-order valence-corrected chi connectivity index (χ3v) is 3.38. The van der Waals surface area contributed by atoms with Gasteiger partial charge in [-0.05, 0) is 42.9 Å². The van der Waals surface area contributed by atoms with Gasteiger partial charge in [0, 0.05) is 5.69 Å². The Kier molecular flexibility index (Phi) is 6.73. The Labute approximate surface area is 123 Å². The Morgan fingerprint density at radius 3 is 2.50 bits per heavy atom. The molecule has 0 fully saturated rings. The van der Waals surface area contributed by atoms with Crippen LogP contribution in [0.4, 0.5) is 5.69 Å². The molecule has 0 spiro atoms. The van der Waals surface area contributed by atoms with Gasteiger partial charge in [-0.25, -0.2) is 0 Å². The van der Waals surface area contributed by atoms with Gasteiger partial charge in [-0.3, -0.25) is 4.79 Å². The Bertz CT molecular complexity index is 439. The quantitative estimate of drug-likeness (QED) is 0.746. The fourth-order valence-corrected chi connectivity index (χ4v) is 2.12. The van der Waals surface area contributed by atoms with E-state index in [-0.39, 0.29) is 5.91 Å². The number of benzene rings is 1. The number of carbonyl (C=O) groups excluding carboxylic acids is 1. The van der Waals surface area contributed by atoms with E-state index in [4.69, 9.17) is 0 Å². The molecular weight excluding hydrogens is 248 g/mol. The Balaban J connectivity index is 2.57. The van der Waals surface area contributed by atoms with Crippen LogP contribution in [0, 0.1) is 12.8 Å². The molecule has 0 bridgehead atoms. The normalized spacial score (nSPS) is 11.2. The molecule has 2 N–H and O–H groups in total. The number of amides is 1. The molecule has 0 saturated carbocycles. The number of nitrogens with one attached hydrogen (secondary N) is 2. The van der Waals surface area contributed by atoms with Gasteiger partial charge < -0.3 is 10.6 Å². The van der Waals surface area contributed by atoms with Crippen molar-refractivity contribution in [2.75, 3.05) is 18.4 Å². The molecule has 0 atom stereocenters. The first-order chi connectivity index (χ1) is 9.41. The van der Waals surface area contributed by atoms with Gasteiger partial charge in [0.25, 0.3) is 0 Å². The van der Waals surface area contributed by atoms with Crippen LogP contribution < -0.4 is 10.6 Å². The summed E-state index contributed by atoms with van der Waals surface area (Å²) in [6.07, 6.45) is 1.09. The number of hydrogen-bond donors (Lipinski definition) is 2. The van der Waals surface area contributed by atoms with Crippen LogP contribution in [0.2, 0.25) is 0 Å². The van der Waals surface area contributed by atoms with Crippen molar-refractivity contribution in [3.8, 4) is 0 Å². The van der Waals surface area contributed by atoms with E-state index in [0.717, 1.165) is 24.2 Å². The predicted octanol–water partition coefficient (Wildman–Crippen LogP) is 3.69. The van der Waals surface area contributed by atoms with Gasteiger partial charge in [0.1, 0.15) is 0 Å². The summed E-state index contributed by atoms with van der Waals surface area (Å²) in [7, 11) is 0. The lowest BCUT2D eigenvalue weighted by Gasteiger charge is -2.16. The molecule has 1 aromatic rings. The minimum Gasteiger partial charge on any atom is -0.324 e. The van der Waals surface area contributed by atoms with Crippen molar-refractivity contribution >= 4 is 11.6 Å². The molecule has 1 rings (SSSR count). The molecule has 3 heteroatoms. The highest BCUT2D eigenvalue weighted by Gasteiger charge is 2.11. The van der Waals surface area contributed by atoms with Crippen LogP contribution >= 0.6 is 0 Å². The van der Waals surface area contributed by atoms with Crippen molar-refractivity contribution in [3.63, 3.8) is 0 Å². The number of para-hydroxylation sites is 1. The van der Waals surface area contributed by atoms with Crippen LogP contribution in [0.5, 0.6) is 0 Å². The van der Waals surface area contributed by atoms with Gasteiger partial charge in [0.15, 0.2) is 0 Å². The highest BCUT2D eigenvalue weighted by atomic mass is 16.1. The van der Waals surface area contributed by atoms with Gasteiger partial charge in [-0.1, -0.05) is 45.9 Å². The highest BCUT2D eigenvalue weighted by molar-refractivity contribution is 5.93. The van der Waals surface area contributed by atoms with E-state index in [1.54, 1.807) is 0 Å². The summed E-state index contributed by atoms with van der Waals surface area (Å²) in [5.41, 5.74) is 3.28. The topological polar surface area (TPSA) is 41.1 Å². The van der Waals surface area contributed by atoms with Crippen molar-refractivity contribution in [1.29, 1.82) is 0 Å². The average Bonchev–Trinajstić information content (AvgIpc) is 2.36. The molecule has 0 aliphatic rings. The summed E-state index contributed by atoms with van der Waals surface area (Å²) in [6.45, 7) is 12.0. The van der Waals surface area contributed by atoms with Crippen molar-refractivity contribution in [2.24, 2.45) is 5.92 Å². The lowest BCUT2D eigenvalue weighted by Crippen LogP contribution is -2.29. The summed E-state index contributed by atoms with van der Waals surface area (Å²) in [4.78, 5) is 12.0. The maximum atomic E-state index is 12.0. The summed E-state index contributed by atoms with van der Waals surface area (Å²) >= 11 is 0. The van der Waals surface area contributed by atoms with Crippen molar-refractivity contribution < 1.29 is 4.79 Å². The molecule has 0 heterocycles. The molecule has 20 heavy (non-hydrogen) atoms. The van der Waals surface area contributed by atoms with Gasteiger partial charge in [0.05, 0.1) is 6.54 Å². The zero-order valence-electron chi connectivity index (χ0n) is 13.4. The monoisotopic (exact) mass is 276 g/mol. The largest absolute Gasteiger partial charge is 0.324 e. The maximum Gasteiger partial charge on any atom is 0.238 e. The lowest BCUT2D eigenvalue weighted by molar-refractivity contribution is -0.115. The number of hydrogen-bond acceptors (Lipinski definition) is 2. The van der Waals surface area contributed by atoms with E-state index in [2.05, 4.69) is 44.4 Å². The second-order valence-electron chi connectivity index (χ2n) is 6.10. The van der Waals surface area contributed by atoms with Crippen LogP contribution in [0.25, 0.3) is 0 Å². The van der Waals surface area contributed by atoms with E-state index in [9.17, 15) is 4.79 Å². The van der Waals surface area contributed by atoms with E-state index in [1.807, 2.05) is 19.1 Å². The second kappa shape index (κ2) is 8.05. The average molecular weight is 276 g/mol. The van der Waals surface area contributed by atoms with Crippen molar-refractivity contribution in [3.05, 3.63) is 29.3 Å². The van der Waals surface area contributed by atoms with Gasteiger partial charge in [0.2, 0.25) is 5.91 Å². The Morgan fingerprint density at radius 1 is 1.20 bits per heavy atom. The molecule has 0 aliphatic carbocycles. The smallest absolute Gasteiger partial charge is 0.238 e. The van der Waals surface area contributed by atoms with E-state index in [1.165, 1.54) is 5.56 Å². The Morgan fingerprint density at radius 2 is 1.90 bits per heavy atom. The number of carbonyl (C=O) groups is 1. The number of aryl methyl sites for hydroxylation is 1.